The number of nitrogens with one attached hydrogen (secondary N) is 1. The number of halogens is 2. The molecule has 0 unspecified atom stereocenters. The Morgan fingerprint density at radius 3 is 2.79 bits per heavy atom. The number of methoxy groups -OCH3 is 1. The fraction of sp³-hybridized carbons (Fsp3) is 0.240. The van der Waals surface area contributed by atoms with Crippen molar-refractivity contribution in [2.45, 2.75) is 31.7 Å². The van der Waals surface area contributed by atoms with Gasteiger partial charge in [0.25, 0.3) is 5.56 Å². The van der Waals surface area contributed by atoms with Crippen LogP contribution in [0.4, 0.5) is 20.2 Å². The number of H-pyrrole nitrogens is 1. The normalized spacial score (nSPS) is 15.3. The lowest BCUT2D eigenvalue weighted by molar-refractivity contribution is -0.286. The third-order valence-electron chi connectivity index (χ3n) is 6.19. The number of alkyl halides is 2. The summed E-state index contributed by atoms with van der Waals surface area (Å²) in [5.74, 6) is -0.367. The van der Waals surface area contributed by atoms with Gasteiger partial charge in [-0.2, -0.15) is 5.10 Å². The number of imidazole rings is 1. The van der Waals surface area contributed by atoms with E-state index in [0.29, 0.717) is 35.5 Å². The first kappa shape index (κ1) is 23.4. The highest BCUT2D eigenvalue weighted by Crippen LogP contribution is 2.44. The van der Waals surface area contributed by atoms with Gasteiger partial charge in [-0.05, 0) is 48.7 Å². The van der Waals surface area contributed by atoms with Gasteiger partial charge in [-0.15, -0.1) is 8.78 Å². The zero-order valence-electron chi connectivity index (χ0n) is 19.8. The van der Waals surface area contributed by atoms with Crippen LogP contribution in [-0.4, -0.2) is 45.1 Å². The van der Waals surface area contributed by atoms with Crippen LogP contribution >= 0.6 is 0 Å². The van der Waals surface area contributed by atoms with Crippen molar-refractivity contribution in [1.29, 1.82) is 0 Å². The van der Waals surface area contributed by atoms with Gasteiger partial charge in [-0.1, -0.05) is 0 Å². The summed E-state index contributed by atoms with van der Waals surface area (Å²) in [4.78, 5) is 38.6. The van der Waals surface area contributed by atoms with Crippen LogP contribution in [0, 0.1) is 6.57 Å². The van der Waals surface area contributed by atoms with Crippen molar-refractivity contribution in [2.24, 2.45) is 0 Å². The number of amides is 1. The summed E-state index contributed by atoms with van der Waals surface area (Å²) >= 11 is 0. The van der Waals surface area contributed by atoms with Gasteiger partial charge < -0.3 is 24.1 Å². The average molecular weight is 520 g/mol. The van der Waals surface area contributed by atoms with Gasteiger partial charge in [0.1, 0.15) is 29.0 Å². The van der Waals surface area contributed by atoms with E-state index < -0.39 is 24.3 Å². The maximum atomic E-state index is 13.5. The number of anilines is 1. The molecule has 2 aromatic heterocycles. The molecule has 0 atom stereocenters. The molecule has 1 aliphatic carbocycles. The second-order valence-electron chi connectivity index (χ2n) is 8.76. The van der Waals surface area contributed by atoms with Gasteiger partial charge >= 0.3 is 6.29 Å². The van der Waals surface area contributed by atoms with E-state index in [9.17, 15) is 18.4 Å². The van der Waals surface area contributed by atoms with E-state index >= 15 is 0 Å². The van der Waals surface area contributed by atoms with Crippen LogP contribution in [0.5, 0.6) is 17.2 Å². The Bertz CT molecular complexity index is 1700. The Hall–Kier alpha value is -4.99. The predicted octanol–water partition coefficient (Wildman–Crippen LogP) is 3.86. The van der Waals surface area contributed by atoms with Crippen LogP contribution in [0.3, 0.4) is 0 Å². The third-order valence-corrected chi connectivity index (χ3v) is 6.19. The maximum Gasteiger partial charge on any atom is 0.586 e. The zero-order chi connectivity index (χ0) is 26.6. The zero-order valence-corrected chi connectivity index (χ0v) is 19.8. The van der Waals surface area contributed by atoms with Crippen molar-refractivity contribution in [2.75, 3.05) is 12.0 Å². The van der Waals surface area contributed by atoms with Crippen LogP contribution in [-0.2, 0) is 11.3 Å². The predicted molar refractivity (Wildman–Crippen MR) is 130 cm³/mol. The summed E-state index contributed by atoms with van der Waals surface area (Å²) in [7, 11) is 1.47. The number of ether oxygens (including phenoxy) is 3. The first-order valence-corrected chi connectivity index (χ1v) is 11.5. The van der Waals surface area contributed by atoms with Crippen LogP contribution in [0.1, 0.15) is 12.8 Å². The standard InChI is InChI=1S/C25H18F2N6O5/c1-28-14-7-13(8-17(9-14)36-2)21-22-23(30-12-29-22)24(35)32(31-21)11-20(34)33(15-3-4-15)16-5-6-18-19(10-16)38-25(26,27)37-18/h5-10,12,15H,3-4,11H2,2H3,(H,29,30). The molecule has 1 fully saturated rings. The summed E-state index contributed by atoms with van der Waals surface area (Å²) in [5.41, 5.74) is 1.24. The first-order chi connectivity index (χ1) is 18.3. The number of hydrogen-bond acceptors (Lipinski definition) is 7. The molecule has 11 nitrogen and oxygen atoms in total. The average Bonchev–Trinajstić information content (AvgIpc) is 3.49. The summed E-state index contributed by atoms with van der Waals surface area (Å²) < 4.78 is 42.3. The van der Waals surface area contributed by atoms with E-state index in [1.54, 1.807) is 18.2 Å². The number of carbonyl (C=O) groups excluding carboxylic acids is 1. The first-order valence-electron chi connectivity index (χ1n) is 11.5. The molecule has 0 spiro atoms. The molecular formula is C25H18F2N6O5. The van der Waals surface area contributed by atoms with E-state index in [4.69, 9.17) is 11.3 Å². The molecule has 1 amide bonds. The molecule has 13 heteroatoms. The highest BCUT2D eigenvalue weighted by molar-refractivity contribution is 5.95. The lowest BCUT2D eigenvalue weighted by Crippen LogP contribution is -2.39. The van der Waals surface area contributed by atoms with Crippen LogP contribution in [0.2, 0.25) is 0 Å². The smallest absolute Gasteiger partial charge is 0.498 e. The second-order valence-corrected chi connectivity index (χ2v) is 8.76. The Kier molecular flexibility index (Phi) is 5.27. The maximum absolute atomic E-state index is 13.5. The lowest BCUT2D eigenvalue weighted by atomic mass is 10.1. The Labute approximate surface area is 213 Å². The van der Waals surface area contributed by atoms with Gasteiger partial charge in [-0.3, -0.25) is 9.59 Å². The van der Waals surface area contributed by atoms with E-state index in [2.05, 4.69) is 29.4 Å². The Balaban J connectivity index is 1.39. The number of fused-ring (bicyclic) bond motifs is 2. The van der Waals surface area contributed by atoms with E-state index in [1.165, 1.54) is 36.5 Å². The number of hydrogen-bond donors (Lipinski definition) is 1. The van der Waals surface area contributed by atoms with E-state index in [0.717, 1.165) is 4.68 Å². The topological polar surface area (TPSA) is 116 Å². The van der Waals surface area contributed by atoms with Gasteiger partial charge in [-0.25, -0.2) is 14.5 Å². The minimum atomic E-state index is -3.78. The number of rotatable bonds is 6. The molecule has 2 aromatic carbocycles. The molecule has 0 saturated heterocycles. The summed E-state index contributed by atoms with van der Waals surface area (Å²) in [6.45, 7) is 6.95. The number of aromatic amines is 1. The monoisotopic (exact) mass is 520 g/mol. The lowest BCUT2D eigenvalue weighted by Gasteiger charge is -2.23. The van der Waals surface area contributed by atoms with Gasteiger partial charge in [0.05, 0.1) is 20.0 Å². The SMILES string of the molecule is [C-]#[N+]c1cc(OC)cc(-c2nn(CC(=O)N(c3ccc4c(c3)OC(F)(F)O4)C3CC3)c(=O)c3[nH]cnc23)c1. The van der Waals surface area contributed by atoms with Crippen LogP contribution in [0.15, 0.2) is 47.5 Å². The molecule has 3 heterocycles. The van der Waals surface area contributed by atoms with Crippen molar-refractivity contribution in [3.63, 3.8) is 0 Å². The third kappa shape index (κ3) is 4.05. The fourth-order valence-electron chi connectivity index (χ4n) is 4.37. The van der Waals surface area contributed by atoms with Gasteiger partial charge in [0.15, 0.2) is 17.2 Å². The molecule has 4 aromatic rings. The number of carbonyl (C=O) groups is 1. The largest absolute Gasteiger partial charge is 0.586 e. The minimum absolute atomic E-state index is 0.133. The Morgan fingerprint density at radius 2 is 2.05 bits per heavy atom. The van der Waals surface area contributed by atoms with E-state index in [-0.39, 0.29) is 34.3 Å². The number of nitrogens with zero attached hydrogens (tertiary/aromatic N) is 5. The van der Waals surface area contributed by atoms with Gasteiger partial charge in [0.2, 0.25) is 5.91 Å². The van der Waals surface area contributed by atoms with Crippen molar-refractivity contribution in [1.82, 2.24) is 19.7 Å². The van der Waals surface area contributed by atoms with Crippen molar-refractivity contribution >= 4 is 28.3 Å². The number of aromatic nitrogens is 4. The van der Waals surface area contributed by atoms with Gasteiger partial charge in [0, 0.05) is 17.8 Å². The van der Waals surface area contributed by atoms with Crippen LogP contribution in [0.25, 0.3) is 27.1 Å². The number of benzene rings is 2. The molecule has 6 rings (SSSR count). The Morgan fingerprint density at radius 1 is 1.26 bits per heavy atom. The molecule has 1 aliphatic heterocycles. The quantitative estimate of drug-likeness (QED) is 0.384. The molecule has 1 saturated carbocycles. The van der Waals surface area contributed by atoms with Crippen LogP contribution < -0.4 is 24.7 Å². The summed E-state index contributed by atoms with van der Waals surface area (Å²) in [5, 5.41) is 4.44. The summed E-state index contributed by atoms with van der Waals surface area (Å²) in [6.07, 6.45) is -1.01. The van der Waals surface area contributed by atoms with E-state index in [1.807, 2.05) is 0 Å². The fourth-order valence-corrected chi connectivity index (χ4v) is 4.37. The highest BCUT2D eigenvalue weighted by atomic mass is 19.3. The molecule has 2 aliphatic rings. The summed E-state index contributed by atoms with van der Waals surface area (Å²) in [6, 6.07) is 8.75. The molecule has 1 N–H and O–H groups in total. The molecular weight excluding hydrogens is 502 g/mol. The molecule has 38 heavy (non-hydrogen) atoms. The molecule has 192 valence electrons. The van der Waals surface area contributed by atoms with Crippen molar-refractivity contribution in [3.05, 3.63) is 64.5 Å². The molecule has 0 bridgehead atoms. The minimum Gasteiger partial charge on any atom is -0.498 e. The molecule has 0 radical (unpaired) electrons. The van der Waals surface area contributed by atoms with Crippen molar-refractivity contribution in [3.8, 4) is 28.5 Å². The second kappa shape index (κ2) is 8.55. The highest BCUT2D eigenvalue weighted by Gasteiger charge is 2.44. The van der Waals surface area contributed by atoms with Crippen molar-refractivity contribution < 1.29 is 27.8 Å².